The summed E-state index contributed by atoms with van der Waals surface area (Å²) in [5.41, 5.74) is 1.88. The van der Waals surface area contributed by atoms with Gasteiger partial charge in [-0.1, -0.05) is 18.7 Å². The minimum absolute atomic E-state index is 0.186. The zero-order chi connectivity index (χ0) is 17.8. The monoisotopic (exact) mass is 361 g/mol. The quantitative estimate of drug-likeness (QED) is 0.754. The lowest BCUT2D eigenvalue weighted by Gasteiger charge is -2.30. The average molecular weight is 361 g/mol. The van der Waals surface area contributed by atoms with Crippen molar-refractivity contribution < 1.29 is 9.18 Å². The van der Waals surface area contributed by atoms with E-state index in [0.29, 0.717) is 11.7 Å². The highest BCUT2D eigenvalue weighted by Gasteiger charge is 2.21. The Bertz CT molecular complexity index is 729. The number of rotatable bonds is 5. The second kappa shape index (κ2) is 8.04. The molecule has 0 radical (unpaired) electrons. The van der Waals surface area contributed by atoms with Crippen molar-refractivity contribution in [1.29, 1.82) is 0 Å². The molecule has 2 heterocycles. The number of aromatic nitrogens is 2. The summed E-state index contributed by atoms with van der Waals surface area (Å²) in [6, 6.07) is 6.42. The second-order valence-electron chi connectivity index (χ2n) is 6.55. The van der Waals surface area contributed by atoms with Gasteiger partial charge < -0.3 is 9.47 Å². The summed E-state index contributed by atoms with van der Waals surface area (Å²) in [5.74, 6) is 0.935. The molecule has 3 rings (SSSR count). The molecule has 1 saturated heterocycles. The highest BCUT2D eigenvalue weighted by molar-refractivity contribution is 7.99. The smallest absolute Gasteiger partial charge is 0.233 e. The van der Waals surface area contributed by atoms with Crippen LogP contribution >= 0.6 is 11.8 Å². The Balaban J connectivity index is 1.68. The number of benzene rings is 1. The van der Waals surface area contributed by atoms with Crippen LogP contribution in [0, 0.1) is 11.7 Å². The van der Waals surface area contributed by atoms with Crippen LogP contribution in [0.3, 0.4) is 0 Å². The molecule has 6 heteroatoms. The van der Waals surface area contributed by atoms with Gasteiger partial charge in [0.05, 0.1) is 17.6 Å². The van der Waals surface area contributed by atoms with Crippen molar-refractivity contribution in [3.63, 3.8) is 0 Å². The van der Waals surface area contributed by atoms with E-state index in [0.717, 1.165) is 42.5 Å². The first kappa shape index (κ1) is 18.0. The molecule has 4 nitrogen and oxygen atoms in total. The van der Waals surface area contributed by atoms with Gasteiger partial charge >= 0.3 is 0 Å². The Morgan fingerprint density at radius 3 is 2.80 bits per heavy atom. The van der Waals surface area contributed by atoms with E-state index in [2.05, 4.69) is 16.5 Å². The third-order valence-electron chi connectivity index (χ3n) is 4.61. The van der Waals surface area contributed by atoms with Crippen LogP contribution < -0.4 is 0 Å². The van der Waals surface area contributed by atoms with Crippen LogP contribution in [0.2, 0.25) is 0 Å². The van der Waals surface area contributed by atoms with E-state index in [-0.39, 0.29) is 11.7 Å². The molecular weight excluding hydrogens is 337 g/mol. The summed E-state index contributed by atoms with van der Waals surface area (Å²) in [7, 11) is 0. The number of hydrogen-bond donors (Lipinski definition) is 0. The minimum atomic E-state index is -0.248. The number of nitrogens with zero attached hydrogens (tertiary/aromatic N) is 3. The number of carbonyl (C=O) groups excluding carboxylic acids is 1. The first-order valence-corrected chi connectivity index (χ1v) is 9.79. The fourth-order valence-corrected chi connectivity index (χ4v) is 4.21. The lowest BCUT2D eigenvalue weighted by Crippen LogP contribution is -2.40. The summed E-state index contributed by atoms with van der Waals surface area (Å²) >= 11 is 1.48. The molecule has 1 aromatic carbocycles. The molecule has 0 saturated carbocycles. The fourth-order valence-electron chi connectivity index (χ4n) is 3.26. The Labute approximate surface area is 152 Å². The topological polar surface area (TPSA) is 38.1 Å². The third kappa shape index (κ3) is 4.24. The van der Waals surface area contributed by atoms with Crippen molar-refractivity contribution in [2.75, 3.05) is 18.8 Å². The van der Waals surface area contributed by atoms with Crippen molar-refractivity contribution in [3.8, 4) is 11.3 Å². The highest BCUT2D eigenvalue weighted by Crippen LogP contribution is 2.27. The van der Waals surface area contributed by atoms with E-state index in [9.17, 15) is 9.18 Å². The summed E-state index contributed by atoms with van der Waals surface area (Å²) in [6.45, 7) is 6.73. The molecule has 1 aliphatic rings. The van der Waals surface area contributed by atoms with Crippen LogP contribution in [-0.4, -0.2) is 39.2 Å². The maximum atomic E-state index is 13.1. The van der Waals surface area contributed by atoms with E-state index < -0.39 is 0 Å². The first-order chi connectivity index (χ1) is 12.1. The molecule has 1 aromatic heterocycles. The van der Waals surface area contributed by atoms with E-state index in [1.54, 1.807) is 18.3 Å². The van der Waals surface area contributed by atoms with Gasteiger partial charge in [-0.25, -0.2) is 9.37 Å². The lowest BCUT2D eigenvalue weighted by molar-refractivity contribution is -0.130. The largest absolute Gasteiger partial charge is 0.342 e. The number of halogens is 1. The number of likely N-dealkylation sites (tertiary alicyclic amines) is 1. The van der Waals surface area contributed by atoms with Gasteiger partial charge in [0.15, 0.2) is 5.16 Å². The molecule has 134 valence electrons. The Kier molecular flexibility index (Phi) is 5.78. The molecule has 0 N–H and O–H groups in total. The van der Waals surface area contributed by atoms with Crippen LogP contribution in [0.15, 0.2) is 35.6 Å². The van der Waals surface area contributed by atoms with Crippen LogP contribution in [0.4, 0.5) is 4.39 Å². The van der Waals surface area contributed by atoms with Gasteiger partial charge in [0, 0.05) is 19.6 Å². The van der Waals surface area contributed by atoms with Gasteiger partial charge in [0.2, 0.25) is 5.91 Å². The number of hydrogen-bond acceptors (Lipinski definition) is 3. The van der Waals surface area contributed by atoms with E-state index in [1.807, 2.05) is 11.8 Å². The van der Waals surface area contributed by atoms with Gasteiger partial charge in [-0.3, -0.25) is 4.79 Å². The van der Waals surface area contributed by atoms with Crippen molar-refractivity contribution in [2.24, 2.45) is 5.92 Å². The third-order valence-corrected chi connectivity index (χ3v) is 5.58. The van der Waals surface area contributed by atoms with Crippen LogP contribution in [0.25, 0.3) is 11.3 Å². The number of piperidine rings is 1. The van der Waals surface area contributed by atoms with E-state index >= 15 is 0 Å². The van der Waals surface area contributed by atoms with Crippen molar-refractivity contribution in [3.05, 3.63) is 36.3 Å². The maximum Gasteiger partial charge on any atom is 0.233 e. The zero-order valence-corrected chi connectivity index (χ0v) is 15.6. The molecule has 2 aromatic rings. The molecule has 0 bridgehead atoms. The van der Waals surface area contributed by atoms with Crippen LogP contribution in [-0.2, 0) is 11.3 Å². The molecule has 1 unspecified atom stereocenters. The molecule has 1 atom stereocenters. The zero-order valence-electron chi connectivity index (χ0n) is 14.7. The lowest BCUT2D eigenvalue weighted by atomic mass is 10.0. The number of carbonyl (C=O) groups is 1. The molecular formula is C19H24FN3OS. The predicted octanol–water partition coefficient (Wildman–Crippen LogP) is 4.06. The number of imidazole rings is 1. The minimum Gasteiger partial charge on any atom is -0.342 e. The summed E-state index contributed by atoms with van der Waals surface area (Å²) in [4.78, 5) is 18.9. The Morgan fingerprint density at radius 2 is 2.12 bits per heavy atom. The maximum absolute atomic E-state index is 13.1. The average Bonchev–Trinajstić information content (AvgIpc) is 3.03. The van der Waals surface area contributed by atoms with Gasteiger partial charge in [-0.2, -0.15) is 0 Å². The van der Waals surface area contributed by atoms with Gasteiger partial charge in [0.25, 0.3) is 0 Å². The highest BCUT2D eigenvalue weighted by atomic mass is 32.2. The SMILES string of the molecule is CCn1c(-c2ccc(F)cc2)cnc1SCC(=O)N1CCCC(C)C1. The molecule has 0 aliphatic carbocycles. The van der Waals surface area contributed by atoms with Gasteiger partial charge in [-0.15, -0.1) is 0 Å². The summed E-state index contributed by atoms with van der Waals surface area (Å²) < 4.78 is 15.2. The molecule has 1 aliphatic heterocycles. The summed E-state index contributed by atoms with van der Waals surface area (Å²) in [5, 5.41) is 0.834. The van der Waals surface area contributed by atoms with Crippen LogP contribution in [0.1, 0.15) is 26.7 Å². The number of thioether (sulfide) groups is 1. The normalized spacial score (nSPS) is 17.7. The Hall–Kier alpha value is -1.82. The first-order valence-electron chi connectivity index (χ1n) is 8.80. The molecule has 1 fully saturated rings. The van der Waals surface area contributed by atoms with Crippen molar-refractivity contribution in [1.82, 2.24) is 14.5 Å². The van der Waals surface area contributed by atoms with Gasteiger partial charge in [0.1, 0.15) is 5.82 Å². The van der Waals surface area contributed by atoms with Crippen molar-refractivity contribution in [2.45, 2.75) is 38.4 Å². The Morgan fingerprint density at radius 1 is 1.36 bits per heavy atom. The van der Waals surface area contributed by atoms with Gasteiger partial charge in [-0.05, 0) is 55.5 Å². The standard InChI is InChI=1S/C19H24FN3OS/c1-3-23-17(15-6-8-16(20)9-7-15)11-21-19(23)25-13-18(24)22-10-4-5-14(2)12-22/h6-9,11,14H,3-5,10,12-13H2,1-2H3. The fraction of sp³-hybridized carbons (Fsp3) is 0.474. The predicted molar refractivity (Wildman–Crippen MR) is 99.0 cm³/mol. The number of amides is 1. The van der Waals surface area contributed by atoms with Crippen molar-refractivity contribution >= 4 is 17.7 Å². The molecule has 1 amide bonds. The second-order valence-corrected chi connectivity index (χ2v) is 7.50. The van der Waals surface area contributed by atoms with Crippen LogP contribution in [0.5, 0.6) is 0 Å². The van der Waals surface area contributed by atoms with E-state index in [4.69, 9.17) is 0 Å². The van der Waals surface area contributed by atoms with E-state index in [1.165, 1.54) is 30.3 Å². The molecule has 0 spiro atoms. The summed E-state index contributed by atoms with van der Waals surface area (Å²) in [6.07, 6.45) is 4.10. The molecule has 25 heavy (non-hydrogen) atoms.